The van der Waals surface area contributed by atoms with Crippen LogP contribution in [0.4, 0.5) is 0 Å². The number of aryl methyl sites for hydroxylation is 1. The Hall–Kier alpha value is -2.21. The van der Waals surface area contributed by atoms with Crippen molar-refractivity contribution < 1.29 is 0 Å². The third-order valence-electron chi connectivity index (χ3n) is 2.87. The highest BCUT2D eigenvalue weighted by Gasteiger charge is 2.16. The molecule has 0 saturated heterocycles. The van der Waals surface area contributed by atoms with Crippen molar-refractivity contribution in [3.05, 3.63) is 48.3 Å². The zero-order valence-corrected chi connectivity index (χ0v) is 9.35. The summed E-state index contributed by atoms with van der Waals surface area (Å²) < 4.78 is 3.53. The molecule has 3 aromatic rings. The second-order valence-corrected chi connectivity index (χ2v) is 3.86. The monoisotopic (exact) mass is 228 g/mol. The predicted molar refractivity (Wildman–Crippen MR) is 62.2 cm³/mol. The van der Waals surface area contributed by atoms with Crippen LogP contribution in [0.25, 0.3) is 5.52 Å². The zero-order chi connectivity index (χ0) is 11.8. The topological polar surface area (TPSA) is 74.0 Å². The van der Waals surface area contributed by atoms with Gasteiger partial charge in [-0.25, -0.2) is 4.52 Å². The quantitative estimate of drug-likeness (QED) is 0.693. The van der Waals surface area contributed by atoms with E-state index in [0.717, 1.165) is 16.8 Å². The summed E-state index contributed by atoms with van der Waals surface area (Å²) in [6.07, 6.45) is 8.76. The van der Waals surface area contributed by atoms with Crippen molar-refractivity contribution in [1.82, 2.24) is 24.4 Å². The molecule has 0 fully saturated rings. The van der Waals surface area contributed by atoms with Gasteiger partial charge in [0.1, 0.15) is 0 Å². The molecule has 6 heteroatoms. The van der Waals surface area contributed by atoms with Crippen LogP contribution in [-0.2, 0) is 7.05 Å². The fraction of sp³-hybridized carbons (Fsp3) is 0.182. The lowest BCUT2D eigenvalue weighted by Crippen LogP contribution is -2.15. The minimum atomic E-state index is -0.246. The second kappa shape index (κ2) is 3.67. The normalized spacial score (nSPS) is 13.1. The van der Waals surface area contributed by atoms with Gasteiger partial charge in [-0.3, -0.25) is 9.67 Å². The Kier molecular flexibility index (Phi) is 2.15. The van der Waals surface area contributed by atoms with E-state index in [4.69, 9.17) is 5.73 Å². The maximum atomic E-state index is 6.23. The van der Waals surface area contributed by atoms with E-state index in [1.807, 2.05) is 13.1 Å². The van der Waals surface area contributed by atoms with Crippen LogP contribution in [0, 0.1) is 0 Å². The maximum Gasteiger partial charge on any atom is 0.0896 e. The fourth-order valence-electron chi connectivity index (χ4n) is 1.94. The minimum Gasteiger partial charge on any atom is -0.319 e. The largest absolute Gasteiger partial charge is 0.319 e. The van der Waals surface area contributed by atoms with Gasteiger partial charge in [-0.05, 0) is 6.07 Å². The first-order chi connectivity index (χ1) is 8.27. The van der Waals surface area contributed by atoms with Crippen LogP contribution < -0.4 is 5.73 Å². The molecule has 3 aromatic heterocycles. The summed E-state index contributed by atoms with van der Waals surface area (Å²) >= 11 is 0. The highest BCUT2D eigenvalue weighted by Crippen LogP contribution is 2.22. The standard InChI is InChI=1S/C11H12N6/c1-16-9(2-3-14-16)11(12)8-6-15-17-5-4-13-7-10(8)17/h2-7,11H,12H2,1H3. The molecular formula is C11H12N6. The van der Waals surface area contributed by atoms with Gasteiger partial charge in [0.15, 0.2) is 0 Å². The molecule has 2 N–H and O–H groups in total. The van der Waals surface area contributed by atoms with Crippen molar-refractivity contribution in [3.63, 3.8) is 0 Å². The maximum absolute atomic E-state index is 6.23. The first-order valence-electron chi connectivity index (χ1n) is 5.28. The van der Waals surface area contributed by atoms with Gasteiger partial charge in [0.05, 0.1) is 29.6 Å². The lowest BCUT2D eigenvalue weighted by Gasteiger charge is -2.10. The van der Waals surface area contributed by atoms with Crippen LogP contribution in [0.5, 0.6) is 0 Å². The molecule has 3 heterocycles. The molecule has 6 nitrogen and oxygen atoms in total. The van der Waals surface area contributed by atoms with Crippen molar-refractivity contribution >= 4 is 5.52 Å². The molecule has 0 spiro atoms. The van der Waals surface area contributed by atoms with Crippen LogP contribution in [0.2, 0.25) is 0 Å². The van der Waals surface area contributed by atoms with E-state index in [9.17, 15) is 0 Å². The van der Waals surface area contributed by atoms with E-state index in [1.54, 1.807) is 40.2 Å². The average Bonchev–Trinajstić information content (AvgIpc) is 2.94. The van der Waals surface area contributed by atoms with Crippen LogP contribution >= 0.6 is 0 Å². The molecule has 0 amide bonds. The summed E-state index contributed by atoms with van der Waals surface area (Å²) in [6, 6.07) is 1.66. The number of rotatable bonds is 2. The Morgan fingerprint density at radius 3 is 2.88 bits per heavy atom. The minimum absolute atomic E-state index is 0.246. The molecule has 0 radical (unpaired) electrons. The SMILES string of the molecule is Cn1nccc1C(N)c1cnn2ccncc12. The number of aromatic nitrogens is 5. The lowest BCUT2D eigenvalue weighted by molar-refractivity contribution is 0.675. The van der Waals surface area contributed by atoms with Crippen molar-refractivity contribution in [1.29, 1.82) is 0 Å². The second-order valence-electron chi connectivity index (χ2n) is 3.86. The molecule has 17 heavy (non-hydrogen) atoms. The summed E-state index contributed by atoms with van der Waals surface area (Å²) in [5.74, 6) is 0. The summed E-state index contributed by atoms with van der Waals surface area (Å²) in [4.78, 5) is 4.09. The third-order valence-corrected chi connectivity index (χ3v) is 2.87. The highest BCUT2D eigenvalue weighted by molar-refractivity contribution is 5.54. The van der Waals surface area contributed by atoms with E-state index >= 15 is 0 Å². The van der Waals surface area contributed by atoms with E-state index in [1.165, 1.54) is 0 Å². The Morgan fingerprint density at radius 2 is 2.12 bits per heavy atom. The van der Waals surface area contributed by atoms with Gasteiger partial charge in [0, 0.05) is 31.2 Å². The molecular weight excluding hydrogens is 216 g/mol. The van der Waals surface area contributed by atoms with Gasteiger partial charge < -0.3 is 5.73 Å². The summed E-state index contributed by atoms with van der Waals surface area (Å²) in [6.45, 7) is 0. The van der Waals surface area contributed by atoms with E-state index in [-0.39, 0.29) is 6.04 Å². The number of nitrogens with two attached hydrogens (primary N) is 1. The molecule has 0 aliphatic rings. The molecule has 86 valence electrons. The van der Waals surface area contributed by atoms with Gasteiger partial charge in [-0.1, -0.05) is 0 Å². The van der Waals surface area contributed by atoms with Crippen LogP contribution in [0.3, 0.4) is 0 Å². The molecule has 0 aromatic carbocycles. The Labute approximate surface area is 97.7 Å². The van der Waals surface area contributed by atoms with E-state index in [0.29, 0.717) is 0 Å². The highest BCUT2D eigenvalue weighted by atomic mass is 15.3. The molecule has 1 unspecified atom stereocenters. The predicted octanol–water partition coefficient (Wildman–Crippen LogP) is 0.511. The smallest absolute Gasteiger partial charge is 0.0896 e. The first kappa shape index (κ1) is 9.98. The molecule has 0 bridgehead atoms. The van der Waals surface area contributed by atoms with Crippen molar-refractivity contribution in [2.75, 3.05) is 0 Å². The third kappa shape index (κ3) is 1.50. The van der Waals surface area contributed by atoms with Crippen molar-refractivity contribution in [3.8, 4) is 0 Å². The van der Waals surface area contributed by atoms with Gasteiger partial charge in [-0.2, -0.15) is 10.2 Å². The van der Waals surface area contributed by atoms with E-state index < -0.39 is 0 Å². The number of hydrogen-bond acceptors (Lipinski definition) is 4. The summed E-state index contributed by atoms with van der Waals surface area (Å²) in [7, 11) is 1.87. The van der Waals surface area contributed by atoms with Gasteiger partial charge in [0.25, 0.3) is 0 Å². The van der Waals surface area contributed by atoms with Gasteiger partial charge >= 0.3 is 0 Å². The van der Waals surface area contributed by atoms with Crippen molar-refractivity contribution in [2.45, 2.75) is 6.04 Å². The zero-order valence-electron chi connectivity index (χ0n) is 9.35. The van der Waals surface area contributed by atoms with Gasteiger partial charge in [-0.15, -0.1) is 0 Å². The molecule has 0 aliphatic carbocycles. The fourth-order valence-corrected chi connectivity index (χ4v) is 1.94. The molecule has 1 atom stereocenters. The van der Waals surface area contributed by atoms with Crippen molar-refractivity contribution in [2.24, 2.45) is 12.8 Å². The van der Waals surface area contributed by atoms with Crippen LogP contribution in [0.15, 0.2) is 37.1 Å². The van der Waals surface area contributed by atoms with E-state index in [2.05, 4.69) is 15.2 Å². The van der Waals surface area contributed by atoms with Gasteiger partial charge in [0.2, 0.25) is 0 Å². The van der Waals surface area contributed by atoms with Crippen LogP contribution in [-0.4, -0.2) is 24.4 Å². The number of fused-ring (bicyclic) bond motifs is 1. The number of hydrogen-bond donors (Lipinski definition) is 1. The average molecular weight is 228 g/mol. The number of nitrogens with zero attached hydrogens (tertiary/aromatic N) is 5. The molecule has 3 rings (SSSR count). The molecule has 0 saturated carbocycles. The summed E-state index contributed by atoms with van der Waals surface area (Å²) in [5, 5.41) is 8.37. The van der Waals surface area contributed by atoms with Crippen LogP contribution in [0.1, 0.15) is 17.3 Å². The first-order valence-corrected chi connectivity index (χ1v) is 5.28. The Morgan fingerprint density at radius 1 is 1.24 bits per heavy atom. The summed E-state index contributed by atoms with van der Waals surface area (Å²) in [5.41, 5.74) is 9.04. The Bertz CT molecular complexity index is 653. The molecule has 0 aliphatic heterocycles. The Balaban J connectivity index is 2.13. The lowest BCUT2D eigenvalue weighted by atomic mass is 10.1.